The Hall–Kier alpha value is -1.89. The van der Waals surface area contributed by atoms with E-state index in [1.54, 1.807) is 26.6 Å². The number of piperidine rings is 2. The molecule has 0 aliphatic carbocycles. The highest BCUT2D eigenvalue weighted by Gasteiger charge is 2.42. The first-order chi connectivity index (χ1) is 12.2. The molecule has 2 aliphatic rings. The third-order valence-corrected chi connectivity index (χ3v) is 5.33. The van der Waals surface area contributed by atoms with Gasteiger partial charge in [0.2, 0.25) is 5.91 Å². The number of carbonyl (C=O) groups is 1. The van der Waals surface area contributed by atoms with Crippen LogP contribution in [0.2, 0.25) is 0 Å². The number of ether oxygens (including phenoxy) is 2. The van der Waals surface area contributed by atoms with Crippen LogP contribution in [0.1, 0.15) is 32.1 Å². The number of anilines is 1. The first-order valence-corrected chi connectivity index (χ1v) is 9.04. The van der Waals surface area contributed by atoms with Gasteiger partial charge >= 0.3 is 0 Å². The second-order valence-electron chi connectivity index (χ2n) is 7.08. The van der Waals surface area contributed by atoms with Crippen LogP contribution < -0.4 is 9.64 Å². The van der Waals surface area contributed by atoms with E-state index >= 15 is 0 Å². The average molecular weight is 348 g/mol. The van der Waals surface area contributed by atoms with Crippen molar-refractivity contribution in [3.05, 3.63) is 12.4 Å². The molecule has 0 bridgehead atoms. The summed E-state index contributed by atoms with van der Waals surface area (Å²) in [4.78, 5) is 25.4. The van der Waals surface area contributed by atoms with Crippen molar-refractivity contribution in [3.8, 4) is 5.88 Å². The van der Waals surface area contributed by atoms with Gasteiger partial charge in [-0.05, 0) is 25.7 Å². The van der Waals surface area contributed by atoms with Crippen LogP contribution >= 0.6 is 0 Å². The highest BCUT2D eigenvalue weighted by Crippen LogP contribution is 2.41. The summed E-state index contributed by atoms with van der Waals surface area (Å²) in [5.41, 5.74) is 0.141. The van der Waals surface area contributed by atoms with Gasteiger partial charge in [-0.3, -0.25) is 4.79 Å². The van der Waals surface area contributed by atoms with E-state index in [0.29, 0.717) is 18.9 Å². The summed E-state index contributed by atoms with van der Waals surface area (Å²) >= 11 is 0. The predicted octanol–water partition coefficient (Wildman–Crippen LogP) is 1.73. The molecule has 1 spiro atoms. The van der Waals surface area contributed by atoms with Gasteiger partial charge in [0.05, 0.1) is 7.11 Å². The van der Waals surface area contributed by atoms with E-state index in [1.165, 1.54) is 0 Å². The average Bonchev–Trinajstić information content (AvgIpc) is 2.65. The quantitative estimate of drug-likeness (QED) is 0.730. The summed E-state index contributed by atoms with van der Waals surface area (Å²) in [7, 11) is 3.33. The fourth-order valence-electron chi connectivity index (χ4n) is 4.11. The Morgan fingerprint density at radius 2 is 2.04 bits per heavy atom. The van der Waals surface area contributed by atoms with Crippen molar-refractivity contribution >= 4 is 11.7 Å². The molecular weight excluding hydrogens is 320 g/mol. The summed E-state index contributed by atoms with van der Waals surface area (Å²) in [6.45, 7) is 4.15. The minimum Gasteiger partial charge on any atom is -0.478 e. The predicted molar refractivity (Wildman–Crippen MR) is 94.8 cm³/mol. The fraction of sp³-hybridized carbons (Fsp3) is 0.722. The molecule has 1 aromatic rings. The molecule has 7 nitrogen and oxygen atoms in total. The van der Waals surface area contributed by atoms with Crippen LogP contribution in [0.25, 0.3) is 0 Å². The van der Waals surface area contributed by atoms with Crippen LogP contribution in [0.3, 0.4) is 0 Å². The smallest absolute Gasteiger partial charge is 0.257 e. The summed E-state index contributed by atoms with van der Waals surface area (Å²) in [5.74, 6) is 1.66. The van der Waals surface area contributed by atoms with Crippen LogP contribution in [-0.4, -0.2) is 67.8 Å². The van der Waals surface area contributed by atoms with Gasteiger partial charge in [0, 0.05) is 64.1 Å². The Morgan fingerprint density at radius 1 is 1.20 bits per heavy atom. The van der Waals surface area contributed by atoms with E-state index in [1.807, 2.05) is 4.90 Å². The molecule has 3 heterocycles. The van der Waals surface area contributed by atoms with Gasteiger partial charge in [-0.25, -0.2) is 9.97 Å². The number of amides is 1. The molecule has 138 valence electrons. The summed E-state index contributed by atoms with van der Waals surface area (Å²) in [6.07, 6.45) is 8.09. The summed E-state index contributed by atoms with van der Waals surface area (Å²) in [5, 5.41) is 0. The van der Waals surface area contributed by atoms with Crippen LogP contribution in [0.15, 0.2) is 12.4 Å². The molecule has 0 aromatic carbocycles. The zero-order valence-electron chi connectivity index (χ0n) is 15.2. The molecule has 0 saturated carbocycles. The van der Waals surface area contributed by atoms with Crippen LogP contribution in [-0.2, 0) is 9.53 Å². The molecule has 2 saturated heterocycles. The third kappa shape index (κ3) is 4.03. The van der Waals surface area contributed by atoms with Gasteiger partial charge in [0.1, 0.15) is 0 Å². The van der Waals surface area contributed by atoms with Gasteiger partial charge in [0.15, 0.2) is 5.82 Å². The molecule has 0 N–H and O–H groups in total. The SMILES string of the molecule is COCCCN1C[C@]2(CCCN(c3nccnc3OC)C2)CCC1=O. The maximum Gasteiger partial charge on any atom is 0.257 e. The van der Waals surface area contributed by atoms with Gasteiger partial charge < -0.3 is 19.3 Å². The zero-order chi connectivity index (χ0) is 17.7. The van der Waals surface area contributed by atoms with Gasteiger partial charge in [-0.1, -0.05) is 0 Å². The maximum atomic E-state index is 12.3. The van der Waals surface area contributed by atoms with Crippen molar-refractivity contribution in [2.24, 2.45) is 5.41 Å². The largest absolute Gasteiger partial charge is 0.478 e. The molecule has 1 amide bonds. The highest BCUT2D eigenvalue weighted by atomic mass is 16.5. The maximum absolute atomic E-state index is 12.3. The van der Waals surface area contributed by atoms with Crippen molar-refractivity contribution in [1.29, 1.82) is 0 Å². The molecule has 0 radical (unpaired) electrons. The number of hydrogen-bond donors (Lipinski definition) is 0. The number of rotatable bonds is 6. The standard InChI is InChI=1S/C18H28N4O3/c1-24-12-4-11-21-13-18(7-5-15(21)23)6-3-10-22(14-18)16-17(25-2)20-9-8-19-16/h8-9H,3-7,10-14H2,1-2H3/t18-/m0/s1. The number of aromatic nitrogens is 2. The molecule has 25 heavy (non-hydrogen) atoms. The second kappa shape index (κ2) is 7.99. The summed E-state index contributed by atoms with van der Waals surface area (Å²) < 4.78 is 10.5. The summed E-state index contributed by atoms with van der Waals surface area (Å²) in [6, 6.07) is 0. The van der Waals surface area contributed by atoms with Crippen molar-refractivity contribution in [2.75, 3.05) is 51.9 Å². The lowest BCUT2D eigenvalue weighted by atomic mass is 9.73. The first-order valence-electron chi connectivity index (χ1n) is 9.04. The zero-order valence-corrected chi connectivity index (χ0v) is 15.2. The second-order valence-corrected chi connectivity index (χ2v) is 7.08. The number of nitrogens with zero attached hydrogens (tertiary/aromatic N) is 4. The Bertz CT molecular complexity index is 597. The minimum atomic E-state index is 0.141. The van der Waals surface area contributed by atoms with Crippen LogP contribution in [0.4, 0.5) is 5.82 Å². The Morgan fingerprint density at radius 3 is 2.84 bits per heavy atom. The van der Waals surface area contributed by atoms with Crippen molar-refractivity contribution in [2.45, 2.75) is 32.1 Å². The normalized spacial score (nSPS) is 24.0. The van der Waals surface area contributed by atoms with E-state index in [0.717, 1.165) is 57.7 Å². The molecule has 2 fully saturated rings. The van der Waals surface area contributed by atoms with Crippen molar-refractivity contribution in [3.63, 3.8) is 0 Å². The third-order valence-electron chi connectivity index (χ3n) is 5.33. The van der Waals surface area contributed by atoms with Crippen LogP contribution in [0, 0.1) is 5.41 Å². The van der Waals surface area contributed by atoms with E-state index in [9.17, 15) is 4.79 Å². The first kappa shape index (κ1) is 17.9. The molecule has 1 atom stereocenters. The molecule has 7 heteroatoms. The Kier molecular flexibility index (Phi) is 5.73. The molecule has 2 aliphatic heterocycles. The Labute approximate surface area is 149 Å². The minimum absolute atomic E-state index is 0.141. The lowest BCUT2D eigenvalue weighted by molar-refractivity contribution is -0.138. The number of likely N-dealkylation sites (tertiary alicyclic amines) is 1. The van der Waals surface area contributed by atoms with E-state index in [-0.39, 0.29) is 11.3 Å². The fourth-order valence-corrected chi connectivity index (χ4v) is 4.11. The van der Waals surface area contributed by atoms with Gasteiger partial charge in [-0.2, -0.15) is 0 Å². The van der Waals surface area contributed by atoms with E-state index in [2.05, 4.69) is 14.9 Å². The molecule has 1 aromatic heterocycles. The molecule has 0 unspecified atom stereocenters. The lowest BCUT2D eigenvalue weighted by Gasteiger charge is -2.48. The van der Waals surface area contributed by atoms with Crippen LogP contribution in [0.5, 0.6) is 5.88 Å². The Balaban J connectivity index is 1.72. The highest BCUT2D eigenvalue weighted by molar-refractivity contribution is 5.77. The van der Waals surface area contributed by atoms with Crippen molar-refractivity contribution < 1.29 is 14.3 Å². The van der Waals surface area contributed by atoms with Crippen molar-refractivity contribution in [1.82, 2.24) is 14.9 Å². The number of methoxy groups -OCH3 is 2. The monoisotopic (exact) mass is 348 g/mol. The van der Waals surface area contributed by atoms with E-state index < -0.39 is 0 Å². The van der Waals surface area contributed by atoms with Gasteiger partial charge in [0.25, 0.3) is 5.88 Å². The van der Waals surface area contributed by atoms with E-state index in [4.69, 9.17) is 9.47 Å². The number of hydrogen-bond acceptors (Lipinski definition) is 6. The molecule has 3 rings (SSSR count). The van der Waals surface area contributed by atoms with Gasteiger partial charge in [-0.15, -0.1) is 0 Å². The number of carbonyl (C=O) groups excluding carboxylic acids is 1. The topological polar surface area (TPSA) is 67.8 Å². The molecular formula is C18H28N4O3. The lowest BCUT2D eigenvalue weighted by Crippen LogP contribution is -2.54.